The molecular weight excluding hydrogens is 536 g/mol. The van der Waals surface area contributed by atoms with Crippen molar-refractivity contribution in [2.45, 2.75) is 30.9 Å². The maximum atomic E-state index is 13.9. The van der Waals surface area contributed by atoms with E-state index in [-0.39, 0.29) is 23.4 Å². The molecule has 4 aromatic rings. The van der Waals surface area contributed by atoms with Gasteiger partial charge in [-0.05, 0) is 29.7 Å². The third kappa shape index (κ3) is 7.30. The van der Waals surface area contributed by atoms with Gasteiger partial charge in [0.2, 0.25) is 15.0 Å². The summed E-state index contributed by atoms with van der Waals surface area (Å²) in [5.74, 6) is -0.236. The summed E-state index contributed by atoms with van der Waals surface area (Å²) >= 11 is 0. The van der Waals surface area contributed by atoms with Gasteiger partial charge in [-0.2, -0.15) is 0 Å². The number of aryl methyl sites for hydroxylation is 1. The Balaban J connectivity index is 1.49. The molecule has 1 aromatic heterocycles. The fraction of sp³-hybridized carbons (Fsp3) is 0.312. The van der Waals surface area contributed by atoms with Crippen LogP contribution in [0.25, 0.3) is 0 Å². The van der Waals surface area contributed by atoms with Crippen molar-refractivity contribution in [1.82, 2.24) is 19.4 Å². The Morgan fingerprint density at radius 1 is 0.902 bits per heavy atom. The van der Waals surface area contributed by atoms with Crippen molar-refractivity contribution >= 4 is 15.7 Å². The van der Waals surface area contributed by atoms with Crippen LogP contribution in [0.3, 0.4) is 0 Å². The molecule has 1 amide bonds. The maximum Gasteiger partial charge on any atom is 0.254 e. The van der Waals surface area contributed by atoms with Crippen LogP contribution in [0, 0.1) is 6.92 Å². The molecule has 0 atom stereocenters. The number of ether oxygens (including phenoxy) is 1. The predicted molar refractivity (Wildman–Crippen MR) is 158 cm³/mol. The number of hydrogen-bond acceptors (Lipinski definition) is 6. The average Bonchev–Trinajstić information content (AvgIpc) is 3.39. The van der Waals surface area contributed by atoms with Crippen LogP contribution in [0.5, 0.6) is 0 Å². The normalized spacial score (nSPS) is 14.2. The first-order chi connectivity index (χ1) is 19.9. The zero-order valence-corrected chi connectivity index (χ0v) is 24.2. The summed E-state index contributed by atoms with van der Waals surface area (Å²) in [4.78, 5) is 22.4. The van der Waals surface area contributed by atoms with E-state index in [2.05, 4.69) is 9.88 Å². The lowest BCUT2D eigenvalue weighted by Gasteiger charge is -2.30. The highest BCUT2D eigenvalue weighted by Gasteiger charge is 2.27. The van der Waals surface area contributed by atoms with Crippen molar-refractivity contribution in [3.63, 3.8) is 0 Å². The van der Waals surface area contributed by atoms with Crippen molar-refractivity contribution in [2.75, 3.05) is 39.4 Å². The van der Waals surface area contributed by atoms with Gasteiger partial charge in [-0.3, -0.25) is 9.69 Å². The number of carbonyl (C=O) groups is 1. The molecule has 0 saturated carbocycles. The molecule has 0 aliphatic carbocycles. The number of rotatable bonds is 11. The van der Waals surface area contributed by atoms with E-state index in [4.69, 9.17) is 4.74 Å². The Kier molecular flexibility index (Phi) is 9.28. The molecule has 0 unspecified atom stereocenters. The van der Waals surface area contributed by atoms with Gasteiger partial charge >= 0.3 is 0 Å². The molecule has 214 valence electrons. The first kappa shape index (κ1) is 28.7. The Labute approximate surface area is 242 Å². The molecule has 0 N–H and O–H groups in total. The minimum absolute atomic E-state index is 0.0108. The second-order valence-electron chi connectivity index (χ2n) is 10.3. The topological polar surface area (TPSA) is 84.7 Å². The van der Waals surface area contributed by atoms with Gasteiger partial charge in [0.1, 0.15) is 0 Å². The molecule has 8 nitrogen and oxygen atoms in total. The number of carbonyl (C=O) groups excluding carboxylic acids is 1. The van der Waals surface area contributed by atoms with E-state index >= 15 is 0 Å². The lowest BCUT2D eigenvalue weighted by molar-refractivity contribution is 0.0319. The van der Waals surface area contributed by atoms with Crippen LogP contribution >= 0.6 is 0 Å². The molecule has 1 saturated heterocycles. The number of amides is 1. The zero-order chi connectivity index (χ0) is 28.7. The van der Waals surface area contributed by atoms with Crippen LogP contribution in [0.1, 0.15) is 32.7 Å². The molecule has 5 rings (SSSR count). The van der Waals surface area contributed by atoms with Crippen LogP contribution in [-0.2, 0) is 33.4 Å². The number of aromatic nitrogens is 2. The Bertz CT molecular complexity index is 1550. The lowest BCUT2D eigenvalue weighted by Crippen LogP contribution is -2.43. The summed E-state index contributed by atoms with van der Waals surface area (Å²) in [6, 6.07) is 26.4. The predicted octanol–water partition coefficient (Wildman–Crippen LogP) is 4.19. The number of morpholine rings is 1. The molecule has 0 radical (unpaired) electrons. The summed E-state index contributed by atoms with van der Waals surface area (Å²) in [6.45, 7) is 6.69. The summed E-state index contributed by atoms with van der Waals surface area (Å²) in [5.41, 5.74) is 3.86. The smallest absolute Gasteiger partial charge is 0.254 e. The lowest BCUT2D eigenvalue weighted by atomic mass is 10.1. The third-order valence-electron chi connectivity index (χ3n) is 7.37. The van der Waals surface area contributed by atoms with E-state index in [1.807, 2.05) is 84.6 Å². The molecular formula is C32H36N4O4S. The van der Waals surface area contributed by atoms with Gasteiger partial charge in [0.25, 0.3) is 5.91 Å². The summed E-state index contributed by atoms with van der Waals surface area (Å²) in [6.07, 6.45) is 1.60. The van der Waals surface area contributed by atoms with Gasteiger partial charge < -0.3 is 14.2 Å². The van der Waals surface area contributed by atoms with Gasteiger partial charge in [-0.25, -0.2) is 13.4 Å². The Morgan fingerprint density at radius 3 is 2.22 bits per heavy atom. The number of nitrogens with zero attached hydrogens (tertiary/aromatic N) is 4. The Hall–Kier alpha value is -3.79. The minimum atomic E-state index is -3.76. The highest BCUT2D eigenvalue weighted by atomic mass is 32.2. The van der Waals surface area contributed by atoms with Gasteiger partial charge in [0.05, 0.1) is 43.9 Å². The highest BCUT2D eigenvalue weighted by Crippen LogP contribution is 2.22. The average molecular weight is 573 g/mol. The van der Waals surface area contributed by atoms with Crippen molar-refractivity contribution in [2.24, 2.45) is 0 Å². The fourth-order valence-corrected chi connectivity index (χ4v) is 6.57. The molecule has 9 heteroatoms. The van der Waals surface area contributed by atoms with E-state index < -0.39 is 9.84 Å². The number of sulfone groups is 1. The van der Waals surface area contributed by atoms with E-state index in [1.165, 1.54) is 0 Å². The largest absolute Gasteiger partial charge is 0.379 e. The molecule has 1 aliphatic heterocycles. The Morgan fingerprint density at radius 2 is 1.54 bits per heavy atom. The van der Waals surface area contributed by atoms with Crippen LogP contribution in [-0.4, -0.2) is 73.1 Å². The zero-order valence-electron chi connectivity index (χ0n) is 23.4. The van der Waals surface area contributed by atoms with Gasteiger partial charge in [-0.15, -0.1) is 0 Å². The highest BCUT2D eigenvalue weighted by molar-refractivity contribution is 7.90. The number of benzene rings is 3. The molecule has 1 aliphatic rings. The SMILES string of the molecule is Cc1ccccc1C(=O)N(CCN1CCOCC1)Cc1cnc(S(=O)(=O)Cc2ccccc2)n1Cc1ccccc1. The third-order valence-corrected chi connectivity index (χ3v) is 8.96. The van der Waals surface area contributed by atoms with E-state index in [0.717, 1.165) is 24.2 Å². The van der Waals surface area contributed by atoms with Crippen LogP contribution in [0.4, 0.5) is 0 Å². The minimum Gasteiger partial charge on any atom is -0.379 e. The monoisotopic (exact) mass is 572 g/mol. The standard InChI is InChI=1S/C32H36N4O4S/c1-26-10-8-9-15-30(26)31(37)35(17-16-34-18-20-40-21-19-34)24-29-22-33-32(36(29)23-27-11-4-2-5-12-27)41(38,39)25-28-13-6-3-7-14-28/h2-15,22H,16-21,23-25H2,1H3. The fourth-order valence-electron chi connectivity index (χ4n) is 5.08. The quantitative estimate of drug-likeness (QED) is 0.268. The summed E-state index contributed by atoms with van der Waals surface area (Å²) < 4.78 is 34.6. The maximum absolute atomic E-state index is 13.9. The number of imidazole rings is 1. The molecule has 41 heavy (non-hydrogen) atoms. The van der Waals surface area contributed by atoms with E-state index in [0.29, 0.717) is 49.7 Å². The van der Waals surface area contributed by atoms with E-state index in [1.54, 1.807) is 22.9 Å². The molecule has 3 aromatic carbocycles. The molecule has 1 fully saturated rings. The van der Waals surface area contributed by atoms with Crippen molar-refractivity contribution in [3.05, 3.63) is 119 Å². The first-order valence-corrected chi connectivity index (χ1v) is 15.6. The summed E-state index contributed by atoms with van der Waals surface area (Å²) in [7, 11) is -3.76. The second kappa shape index (κ2) is 13.2. The van der Waals surface area contributed by atoms with E-state index in [9.17, 15) is 13.2 Å². The van der Waals surface area contributed by atoms with Gasteiger partial charge in [0.15, 0.2) is 0 Å². The van der Waals surface area contributed by atoms with Crippen LogP contribution in [0.15, 0.2) is 96.3 Å². The second-order valence-corrected chi connectivity index (χ2v) is 12.2. The van der Waals surface area contributed by atoms with Crippen molar-refractivity contribution in [1.29, 1.82) is 0 Å². The van der Waals surface area contributed by atoms with Crippen LogP contribution in [0.2, 0.25) is 0 Å². The van der Waals surface area contributed by atoms with Gasteiger partial charge in [-0.1, -0.05) is 78.9 Å². The summed E-state index contributed by atoms with van der Waals surface area (Å²) in [5, 5.41) is 0.0108. The van der Waals surface area contributed by atoms with Crippen molar-refractivity contribution < 1.29 is 17.9 Å². The number of hydrogen-bond donors (Lipinski definition) is 0. The van der Waals surface area contributed by atoms with Gasteiger partial charge in [0, 0.05) is 31.7 Å². The van der Waals surface area contributed by atoms with Crippen molar-refractivity contribution in [3.8, 4) is 0 Å². The molecule has 0 spiro atoms. The molecule has 0 bridgehead atoms. The van der Waals surface area contributed by atoms with Crippen LogP contribution < -0.4 is 0 Å². The molecule has 2 heterocycles. The first-order valence-electron chi connectivity index (χ1n) is 13.9.